The number of nitrogens with two attached hydrogens (primary N) is 1. The van der Waals surface area contributed by atoms with Gasteiger partial charge < -0.3 is 24.7 Å². The van der Waals surface area contributed by atoms with Crippen LogP contribution in [0.15, 0.2) is 58.9 Å². The number of hydrogen-bond acceptors (Lipinski definition) is 9. The summed E-state index contributed by atoms with van der Waals surface area (Å²) in [5.74, 6) is -1.15. The number of rotatable bonds is 8. The SMILES string of the molecule is CCOc1ccc(/C=c2/sc3n(c2=O)C(N)=C(C(=O)OC)C(c2ccc(OCC)cc2)C=3C(=O)OC)cc1. The zero-order valence-electron chi connectivity index (χ0n) is 21.5. The summed E-state index contributed by atoms with van der Waals surface area (Å²) >= 11 is 1.09. The number of carbonyl (C=O) groups is 2. The first-order chi connectivity index (χ1) is 18.3. The summed E-state index contributed by atoms with van der Waals surface area (Å²) < 4.78 is 22.9. The van der Waals surface area contributed by atoms with E-state index in [0.717, 1.165) is 16.9 Å². The lowest BCUT2D eigenvalue weighted by molar-refractivity contribution is -0.136. The van der Waals surface area contributed by atoms with Crippen molar-refractivity contribution in [1.29, 1.82) is 0 Å². The van der Waals surface area contributed by atoms with Gasteiger partial charge in [0, 0.05) is 0 Å². The maximum absolute atomic E-state index is 13.5. The number of carbonyl (C=O) groups excluding carboxylic acids is 2. The molecule has 1 aliphatic heterocycles. The van der Waals surface area contributed by atoms with E-state index in [1.54, 1.807) is 42.5 Å². The minimum atomic E-state index is -0.929. The Labute approximate surface area is 223 Å². The van der Waals surface area contributed by atoms with Crippen LogP contribution < -0.4 is 30.0 Å². The highest BCUT2D eigenvalue weighted by Gasteiger charge is 2.39. The van der Waals surface area contributed by atoms with E-state index in [1.165, 1.54) is 18.8 Å². The van der Waals surface area contributed by atoms with Crippen LogP contribution in [0.1, 0.15) is 30.9 Å². The number of aromatic nitrogens is 1. The molecule has 0 radical (unpaired) electrons. The van der Waals surface area contributed by atoms with Gasteiger partial charge in [-0.15, -0.1) is 11.3 Å². The molecule has 9 nitrogen and oxygen atoms in total. The quantitative estimate of drug-likeness (QED) is 0.434. The Kier molecular flexibility index (Phi) is 8.02. The van der Waals surface area contributed by atoms with Crippen molar-refractivity contribution in [3.63, 3.8) is 0 Å². The highest BCUT2D eigenvalue weighted by atomic mass is 32.1. The number of hydrogen-bond donors (Lipinski definition) is 1. The number of thiazole rings is 1. The van der Waals surface area contributed by atoms with Gasteiger partial charge in [0.2, 0.25) is 0 Å². The van der Waals surface area contributed by atoms with Gasteiger partial charge in [0.1, 0.15) is 22.0 Å². The molecule has 3 aromatic rings. The van der Waals surface area contributed by atoms with Gasteiger partial charge in [0.05, 0.1) is 49.0 Å². The third-order valence-electron chi connectivity index (χ3n) is 5.97. The lowest BCUT2D eigenvalue weighted by atomic mass is 9.83. The molecule has 2 heterocycles. The molecule has 38 heavy (non-hydrogen) atoms. The van der Waals surface area contributed by atoms with Crippen LogP contribution in [-0.4, -0.2) is 43.9 Å². The van der Waals surface area contributed by atoms with Gasteiger partial charge in [-0.25, -0.2) is 9.59 Å². The van der Waals surface area contributed by atoms with Crippen molar-refractivity contribution in [2.75, 3.05) is 27.4 Å². The normalized spacial score (nSPS) is 15.2. The maximum Gasteiger partial charge on any atom is 0.338 e. The van der Waals surface area contributed by atoms with E-state index in [4.69, 9.17) is 24.7 Å². The van der Waals surface area contributed by atoms with E-state index in [2.05, 4.69) is 0 Å². The number of esters is 2. The third-order valence-corrected chi connectivity index (χ3v) is 7.08. The molecular weight excluding hydrogens is 508 g/mol. The number of ether oxygens (including phenoxy) is 4. The molecule has 0 saturated heterocycles. The molecule has 0 fully saturated rings. The second-order valence-electron chi connectivity index (χ2n) is 8.19. The number of methoxy groups -OCH3 is 2. The Bertz CT molecular complexity index is 1570. The first-order valence-corrected chi connectivity index (χ1v) is 12.8. The molecule has 1 aromatic heterocycles. The Balaban J connectivity index is 2.00. The molecule has 0 spiro atoms. The predicted molar refractivity (Wildman–Crippen MR) is 144 cm³/mol. The van der Waals surface area contributed by atoms with Crippen LogP contribution in [0.25, 0.3) is 17.5 Å². The van der Waals surface area contributed by atoms with Gasteiger partial charge in [0.25, 0.3) is 5.56 Å². The molecule has 2 N–H and O–H groups in total. The molecule has 0 bridgehead atoms. The van der Waals surface area contributed by atoms with Crippen molar-refractivity contribution >= 4 is 40.7 Å². The van der Waals surface area contributed by atoms with Gasteiger partial charge in [-0.3, -0.25) is 9.36 Å². The Hall–Kier alpha value is -4.31. The van der Waals surface area contributed by atoms with Crippen molar-refractivity contribution in [1.82, 2.24) is 4.57 Å². The van der Waals surface area contributed by atoms with Gasteiger partial charge in [-0.2, -0.15) is 0 Å². The average molecular weight is 537 g/mol. The summed E-state index contributed by atoms with van der Waals surface area (Å²) in [6, 6.07) is 14.2. The molecule has 1 atom stereocenters. The lowest BCUT2D eigenvalue weighted by Crippen LogP contribution is -2.41. The smallest absolute Gasteiger partial charge is 0.338 e. The monoisotopic (exact) mass is 536 g/mol. The van der Waals surface area contributed by atoms with Crippen LogP contribution in [0.5, 0.6) is 11.5 Å². The minimum Gasteiger partial charge on any atom is -0.494 e. The Morgan fingerprint density at radius 2 is 1.42 bits per heavy atom. The van der Waals surface area contributed by atoms with E-state index in [1.807, 2.05) is 26.0 Å². The topological polar surface area (TPSA) is 119 Å². The summed E-state index contributed by atoms with van der Waals surface area (Å²) in [5, 5.41) is 0. The fourth-order valence-electron chi connectivity index (χ4n) is 4.30. The fourth-order valence-corrected chi connectivity index (χ4v) is 5.47. The summed E-state index contributed by atoms with van der Waals surface area (Å²) in [6.45, 7) is 4.79. The largest absolute Gasteiger partial charge is 0.494 e. The van der Waals surface area contributed by atoms with E-state index in [0.29, 0.717) is 34.8 Å². The van der Waals surface area contributed by atoms with Crippen LogP contribution in [0.2, 0.25) is 0 Å². The number of fused-ring (bicyclic) bond motifs is 1. The zero-order chi connectivity index (χ0) is 27.4. The molecular formula is C28H28N2O7S. The zero-order valence-corrected chi connectivity index (χ0v) is 22.3. The second-order valence-corrected chi connectivity index (χ2v) is 9.22. The van der Waals surface area contributed by atoms with Crippen LogP contribution in [0.4, 0.5) is 0 Å². The predicted octanol–water partition coefficient (Wildman–Crippen LogP) is 1.96. The molecule has 10 heteroatoms. The van der Waals surface area contributed by atoms with Crippen molar-refractivity contribution < 1.29 is 28.5 Å². The van der Waals surface area contributed by atoms with Crippen LogP contribution >= 0.6 is 11.3 Å². The van der Waals surface area contributed by atoms with Crippen molar-refractivity contribution in [2.45, 2.75) is 19.8 Å². The van der Waals surface area contributed by atoms with Gasteiger partial charge in [-0.05, 0) is 55.3 Å². The van der Waals surface area contributed by atoms with E-state index < -0.39 is 23.4 Å². The summed E-state index contributed by atoms with van der Waals surface area (Å²) in [6.07, 6.45) is 1.69. The van der Waals surface area contributed by atoms with Gasteiger partial charge in [0.15, 0.2) is 0 Å². The molecule has 0 saturated carbocycles. The summed E-state index contributed by atoms with van der Waals surface area (Å²) in [5.41, 5.74) is 7.41. The maximum atomic E-state index is 13.5. The van der Waals surface area contributed by atoms with Crippen LogP contribution in [0.3, 0.4) is 0 Å². The average Bonchev–Trinajstić information content (AvgIpc) is 3.25. The van der Waals surface area contributed by atoms with Crippen LogP contribution in [-0.2, 0) is 19.1 Å². The second kappa shape index (κ2) is 11.4. The molecule has 1 aliphatic rings. The highest BCUT2D eigenvalue weighted by molar-refractivity contribution is 7.07. The molecule has 2 aromatic carbocycles. The van der Waals surface area contributed by atoms with Gasteiger partial charge in [-0.1, -0.05) is 24.3 Å². The van der Waals surface area contributed by atoms with Crippen molar-refractivity contribution in [2.24, 2.45) is 5.73 Å². The third kappa shape index (κ3) is 4.95. The highest BCUT2D eigenvalue weighted by Crippen LogP contribution is 2.38. The summed E-state index contributed by atoms with van der Waals surface area (Å²) in [4.78, 5) is 39.7. The standard InChI is InChI=1S/C28H28N2O7S/c1-5-36-18-11-7-16(8-12-18)15-20-25(31)30-24(29)22(27(32)34-3)21(23(26(30)38-20)28(33)35-4)17-9-13-19(14-10-17)37-6-2/h7-15,21H,5-6,29H2,1-4H3/b20-15+. The van der Waals surface area contributed by atoms with Crippen LogP contribution in [0, 0.1) is 0 Å². The minimum absolute atomic E-state index is 0.0305. The van der Waals surface area contributed by atoms with E-state index in [9.17, 15) is 14.4 Å². The Morgan fingerprint density at radius 1 is 0.895 bits per heavy atom. The van der Waals surface area contributed by atoms with E-state index >= 15 is 0 Å². The lowest BCUT2D eigenvalue weighted by Gasteiger charge is -2.26. The first kappa shape index (κ1) is 26.7. The summed E-state index contributed by atoms with van der Waals surface area (Å²) in [7, 11) is 2.46. The molecule has 0 amide bonds. The first-order valence-electron chi connectivity index (χ1n) is 11.9. The molecule has 198 valence electrons. The molecule has 4 rings (SSSR count). The number of benzene rings is 2. The van der Waals surface area contributed by atoms with E-state index in [-0.39, 0.29) is 21.6 Å². The number of nitrogens with zero attached hydrogens (tertiary/aromatic N) is 1. The Morgan fingerprint density at radius 3 is 1.95 bits per heavy atom. The van der Waals surface area contributed by atoms with Crippen molar-refractivity contribution in [3.8, 4) is 11.5 Å². The molecule has 1 unspecified atom stereocenters. The fraction of sp³-hybridized carbons (Fsp3) is 0.250. The van der Waals surface area contributed by atoms with Crippen molar-refractivity contribution in [3.05, 3.63) is 84.8 Å². The van der Waals surface area contributed by atoms with Gasteiger partial charge >= 0.3 is 11.9 Å². The molecule has 0 aliphatic carbocycles.